The van der Waals surface area contributed by atoms with Crippen molar-refractivity contribution in [3.05, 3.63) is 69.4 Å². The first-order chi connectivity index (χ1) is 12.3. The van der Waals surface area contributed by atoms with Crippen molar-refractivity contribution < 1.29 is 18.7 Å². The molecule has 0 fully saturated rings. The Labute approximate surface area is 160 Å². The van der Waals surface area contributed by atoms with Crippen molar-refractivity contribution in [2.24, 2.45) is 0 Å². The Balaban J connectivity index is 1.69. The largest absolute Gasteiger partial charge is 0.464 e. The summed E-state index contributed by atoms with van der Waals surface area (Å²) < 4.78 is 11.8. The van der Waals surface area contributed by atoms with Crippen LogP contribution in [0.4, 0.5) is 0 Å². The molecule has 1 aromatic heterocycles. The number of benzene rings is 2. The average Bonchev–Trinajstić information content (AvgIpc) is 2.97. The molecule has 0 saturated heterocycles. The monoisotopic (exact) mass is 414 g/mol. The molecule has 0 unspecified atom stereocenters. The van der Waals surface area contributed by atoms with Gasteiger partial charge in [0.25, 0.3) is 0 Å². The van der Waals surface area contributed by atoms with Crippen LogP contribution < -0.4 is 0 Å². The topological polar surface area (TPSA) is 56.5 Å². The third-order valence-corrected chi connectivity index (χ3v) is 4.94. The van der Waals surface area contributed by atoms with Gasteiger partial charge in [0.1, 0.15) is 5.58 Å². The zero-order valence-electron chi connectivity index (χ0n) is 14.8. The van der Waals surface area contributed by atoms with Gasteiger partial charge in [0, 0.05) is 21.0 Å². The lowest BCUT2D eigenvalue weighted by molar-refractivity contribution is -0.145. The van der Waals surface area contributed by atoms with E-state index in [4.69, 9.17) is 9.15 Å². The minimum absolute atomic E-state index is 0.0630. The van der Waals surface area contributed by atoms with E-state index in [1.807, 2.05) is 26.0 Å². The Morgan fingerprint density at radius 3 is 2.46 bits per heavy atom. The zero-order chi connectivity index (χ0) is 18.8. The molecule has 0 saturated carbocycles. The molecule has 2 aromatic carbocycles. The number of hydrogen-bond acceptors (Lipinski definition) is 4. The van der Waals surface area contributed by atoms with E-state index in [2.05, 4.69) is 15.9 Å². The fourth-order valence-corrected chi connectivity index (χ4v) is 3.03. The molecule has 0 radical (unpaired) electrons. The maximum atomic E-state index is 12.4. The third-order valence-electron chi connectivity index (χ3n) is 4.41. The van der Waals surface area contributed by atoms with Gasteiger partial charge in [0.15, 0.2) is 6.10 Å². The summed E-state index contributed by atoms with van der Waals surface area (Å²) >= 11 is 3.33. The highest BCUT2D eigenvalue weighted by Crippen LogP contribution is 2.25. The number of fused-ring (bicyclic) bond motifs is 1. The van der Waals surface area contributed by atoms with Gasteiger partial charge in [-0.1, -0.05) is 28.1 Å². The number of ether oxygens (including phenoxy) is 1. The Kier molecular flexibility index (Phi) is 5.28. The van der Waals surface area contributed by atoms with Crippen LogP contribution in [-0.4, -0.2) is 17.9 Å². The molecule has 0 N–H and O–H groups in total. The quantitative estimate of drug-likeness (QED) is 0.426. The summed E-state index contributed by atoms with van der Waals surface area (Å²) in [6, 6.07) is 10.9. The molecular formula is C21H19BrO4. The minimum atomic E-state index is -0.842. The molecule has 5 heteroatoms. The summed E-state index contributed by atoms with van der Waals surface area (Å²) in [6.07, 6.45) is 0.797. The van der Waals surface area contributed by atoms with Crippen LogP contribution in [0.25, 0.3) is 11.0 Å². The first kappa shape index (κ1) is 18.4. The van der Waals surface area contributed by atoms with E-state index in [1.54, 1.807) is 37.5 Å². The highest BCUT2D eigenvalue weighted by atomic mass is 79.9. The second-order valence-electron chi connectivity index (χ2n) is 6.37. The SMILES string of the molecule is Cc1cc2occ(CC(=O)O[C@H](C)C(=O)c3ccc(Br)cc3)c2cc1C. The number of furan rings is 1. The van der Waals surface area contributed by atoms with Crippen molar-refractivity contribution in [1.29, 1.82) is 0 Å². The molecule has 26 heavy (non-hydrogen) atoms. The number of carbonyl (C=O) groups excluding carboxylic acids is 2. The Morgan fingerprint density at radius 1 is 1.12 bits per heavy atom. The van der Waals surface area contributed by atoms with Gasteiger partial charge in [-0.05, 0) is 56.2 Å². The van der Waals surface area contributed by atoms with E-state index in [1.165, 1.54) is 0 Å². The smallest absolute Gasteiger partial charge is 0.311 e. The number of hydrogen-bond donors (Lipinski definition) is 0. The molecule has 3 rings (SSSR count). The molecule has 3 aromatic rings. The molecule has 0 aliphatic carbocycles. The van der Waals surface area contributed by atoms with Gasteiger partial charge >= 0.3 is 5.97 Å². The second-order valence-corrected chi connectivity index (χ2v) is 7.29. The van der Waals surface area contributed by atoms with Crippen LogP contribution in [0.15, 0.2) is 51.6 Å². The first-order valence-corrected chi connectivity index (χ1v) is 9.11. The van der Waals surface area contributed by atoms with E-state index < -0.39 is 12.1 Å². The lowest BCUT2D eigenvalue weighted by Gasteiger charge is -2.12. The van der Waals surface area contributed by atoms with Crippen molar-refractivity contribution >= 4 is 38.7 Å². The number of esters is 1. The van der Waals surface area contributed by atoms with Crippen LogP contribution in [0.3, 0.4) is 0 Å². The van der Waals surface area contributed by atoms with E-state index >= 15 is 0 Å². The van der Waals surface area contributed by atoms with Crippen LogP contribution in [0.2, 0.25) is 0 Å². The van der Waals surface area contributed by atoms with Crippen LogP contribution in [0.5, 0.6) is 0 Å². The highest BCUT2D eigenvalue weighted by Gasteiger charge is 2.21. The van der Waals surface area contributed by atoms with Crippen LogP contribution in [0, 0.1) is 13.8 Å². The summed E-state index contributed by atoms with van der Waals surface area (Å²) in [4.78, 5) is 24.7. The number of aryl methyl sites for hydroxylation is 2. The minimum Gasteiger partial charge on any atom is -0.464 e. The summed E-state index contributed by atoms with van der Waals surface area (Å²) in [7, 11) is 0. The fraction of sp³-hybridized carbons (Fsp3) is 0.238. The van der Waals surface area contributed by atoms with E-state index in [-0.39, 0.29) is 12.2 Å². The molecule has 134 valence electrons. The summed E-state index contributed by atoms with van der Waals surface area (Å²) in [5, 5.41) is 0.900. The van der Waals surface area contributed by atoms with Gasteiger partial charge in [-0.3, -0.25) is 9.59 Å². The number of ketones is 1. The normalized spacial score (nSPS) is 12.2. The van der Waals surface area contributed by atoms with Gasteiger partial charge in [-0.2, -0.15) is 0 Å². The maximum absolute atomic E-state index is 12.4. The highest BCUT2D eigenvalue weighted by molar-refractivity contribution is 9.10. The van der Waals surface area contributed by atoms with Crippen molar-refractivity contribution in [3.8, 4) is 0 Å². The summed E-state index contributed by atoms with van der Waals surface area (Å²) in [5.41, 5.74) is 4.28. The molecule has 4 nitrogen and oxygen atoms in total. The molecule has 0 spiro atoms. The third kappa shape index (κ3) is 3.88. The van der Waals surface area contributed by atoms with Gasteiger partial charge in [-0.15, -0.1) is 0 Å². The van der Waals surface area contributed by atoms with Gasteiger partial charge in [0.2, 0.25) is 5.78 Å². The van der Waals surface area contributed by atoms with Crippen molar-refractivity contribution in [1.82, 2.24) is 0 Å². The molecule has 0 bridgehead atoms. The van der Waals surface area contributed by atoms with Crippen LogP contribution >= 0.6 is 15.9 Å². The average molecular weight is 415 g/mol. The first-order valence-electron chi connectivity index (χ1n) is 8.31. The Hall–Kier alpha value is -2.40. The summed E-state index contributed by atoms with van der Waals surface area (Å²) in [6.45, 7) is 5.62. The number of rotatable bonds is 5. The van der Waals surface area contributed by atoms with Gasteiger partial charge < -0.3 is 9.15 Å². The zero-order valence-corrected chi connectivity index (χ0v) is 16.4. The van der Waals surface area contributed by atoms with Crippen molar-refractivity contribution in [3.63, 3.8) is 0 Å². The number of carbonyl (C=O) groups is 2. The van der Waals surface area contributed by atoms with Crippen LogP contribution in [0.1, 0.15) is 34.0 Å². The summed E-state index contributed by atoms with van der Waals surface area (Å²) in [5.74, 6) is -0.682. The lowest BCUT2D eigenvalue weighted by Crippen LogP contribution is -2.25. The standard InChI is InChI=1S/C21H19BrO4/c1-12-8-18-16(11-25-19(18)9-13(12)2)10-20(23)26-14(3)21(24)15-4-6-17(22)7-5-15/h4-9,11,14H,10H2,1-3H3/t14-/m1/s1. The number of Topliss-reactive ketones (excluding diaryl/α,β-unsaturated/α-hetero) is 1. The second kappa shape index (κ2) is 7.46. The van der Waals surface area contributed by atoms with Gasteiger partial charge in [0.05, 0.1) is 12.7 Å². The Morgan fingerprint density at radius 2 is 1.77 bits per heavy atom. The van der Waals surface area contributed by atoms with Crippen LogP contribution in [-0.2, 0) is 16.0 Å². The van der Waals surface area contributed by atoms with E-state index in [0.29, 0.717) is 5.56 Å². The molecule has 1 heterocycles. The molecule has 0 amide bonds. The number of halogens is 1. The maximum Gasteiger partial charge on any atom is 0.311 e. The van der Waals surface area contributed by atoms with E-state index in [0.717, 1.165) is 32.1 Å². The fourth-order valence-electron chi connectivity index (χ4n) is 2.77. The lowest BCUT2D eigenvalue weighted by atomic mass is 10.0. The van der Waals surface area contributed by atoms with E-state index in [9.17, 15) is 9.59 Å². The predicted octanol–water partition coefficient (Wildman–Crippen LogP) is 5.17. The molecule has 0 aliphatic heterocycles. The Bertz CT molecular complexity index is 970. The van der Waals surface area contributed by atoms with Gasteiger partial charge in [-0.25, -0.2) is 0 Å². The predicted molar refractivity (Wildman–Crippen MR) is 103 cm³/mol. The molecule has 1 atom stereocenters. The van der Waals surface area contributed by atoms with Crippen molar-refractivity contribution in [2.45, 2.75) is 33.3 Å². The van der Waals surface area contributed by atoms with Crippen molar-refractivity contribution in [2.75, 3.05) is 0 Å². The molecule has 0 aliphatic rings. The molecular weight excluding hydrogens is 396 g/mol.